The molecule has 1 aromatic heterocycles. The lowest BCUT2D eigenvalue weighted by molar-refractivity contribution is 0.0528. The fraction of sp³-hybridized carbons (Fsp3) is 0.231. The number of fused-ring (bicyclic) bond motifs is 1. The number of benzene rings is 1. The van der Waals surface area contributed by atoms with Crippen LogP contribution in [0, 0.1) is 0 Å². The van der Waals surface area contributed by atoms with Crippen LogP contribution in [0.15, 0.2) is 30.3 Å². The Kier molecular flexibility index (Phi) is 3.23. The van der Waals surface area contributed by atoms with Crippen molar-refractivity contribution in [3.8, 4) is 5.88 Å². The van der Waals surface area contributed by atoms with Crippen LogP contribution in [0.3, 0.4) is 0 Å². The van der Waals surface area contributed by atoms with Crippen LogP contribution in [-0.2, 0) is 4.74 Å². The van der Waals surface area contributed by atoms with Gasteiger partial charge in [-0.15, -0.1) is 0 Å². The summed E-state index contributed by atoms with van der Waals surface area (Å²) in [6.45, 7) is 2.14. The molecule has 17 heavy (non-hydrogen) atoms. The number of nitrogens with zero attached hydrogens (tertiary/aromatic N) is 1. The summed E-state index contributed by atoms with van der Waals surface area (Å²) in [5.41, 5.74) is 1.24. The number of aromatic nitrogens is 1. The smallest absolute Gasteiger partial charge is 0.338 e. The predicted molar refractivity (Wildman–Crippen MR) is 64.3 cm³/mol. The zero-order chi connectivity index (χ0) is 12.3. The van der Waals surface area contributed by atoms with Crippen LogP contribution in [0.1, 0.15) is 17.3 Å². The second kappa shape index (κ2) is 4.82. The largest absolute Gasteiger partial charge is 0.481 e. The summed E-state index contributed by atoms with van der Waals surface area (Å²) >= 11 is 0. The molecule has 0 N–H and O–H groups in total. The Bertz CT molecular complexity index is 551. The zero-order valence-electron chi connectivity index (χ0n) is 9.77. The van der Waals surface area contributed by atoms with Crippen molar-refractivity contribution < 1.29 is 14.3 Å². The molecule has 0 saturated carbocycles. The van der Waals surface area contributed by atoms with Gasteiger partial charge in [-0.05, 0) is 25.1 Å². The molecule has 0 aliphatic heterocycles. The zero-order valence-corrected chi connectivity index (χ0v) is 9.77. The second-order valence-corrected chi connectivity index (χ2v) is 3.45. The van der Waals surface area contributed by atoms with Crippen LogP contribution in [0.5, 0.6) is 5.88 Å². The van der Waals surface area contributed by atoms with Gasteiger partial charge in [-0.1, -0.05) is 6.07 Å². The number of hydrogen-bond donors (Lipinski definition) is 0. The van der Waals surface area contributed by atoms with Crippen LogP contribution < -0.4 is 4.74 Å². The topological polar surface area (TPSA) is 48.4 Å². The van der Waals surface area contributed by atoms with E-state index in [1.165, 1.54) is 0 Å². The van der Waals surface area contributed by atoms with Crippen molar-refractivity contribution in [2.45, 2.75) is 6.92 Å². The van der Waals surface area contributed by atoms with E-state index >= 15 is 0 Å². The fourth-order valence-corrected chi connectivity index (χ4v) is 1.64. The minimum Gasteiger partial charge on any atom is -0.481 e. The average molecular weight is 231 g/mol. The highest BCUT2D eigenvalue weighted by Crippen LogP contribution is 2.20. The van der Waals surface area contributed by atoms with Gasteiger partial charge in [0.25, 0.3) is 0 Å². The molecule has 88 valence electrons. The third-order valence-electron chi connectivity index (χ3n) is 2.41. The van der Waals surface area contributed by atoms with Gasteiger partial charge in [-0.25, -0.2) is 9.78 Å². The van der Waals surface area contributed by atoms with Gasteiger partial charge in [0.1, 0.15) is 0 Å². The number of pyridine rings is 1. The van der Waals surface area contributed by atoms with Gasteiger partial charge in [0.15, 0.2) is 0 Å². The monoisotopic (exact) mass is 231 g/mol. The van der Waals surface area contributed by atoms with Crippen molar-refractivity contribution in [1.82, 2.24) is 4.98 Å². The third-order valence-corrected chi connectivity index (χ3v) is 2.41. The van der Waals surface area contributed by atoms with E-state index in [0.717, 1.165) is 10.9 Å². The molecule has 0 fully saturated rings. The molecule has 4 nitrogen and oxygen atoms in total. The Hall–Kier alpha value is -2.10. The highest BCUT2D eigenvalue weighted by molar-refractivity contribution is 6.03. The van der Waals surface area contributed by atoms with Crippen molar-refractivity contribution in [3.63, 3.8) is 0 Å². The Labute approximate surface area is 99.2 Å². The molecular formula is C13H13NO3. The van der Waals surface area contributed by atoms with Gasteiger partial charge < -0.3 is 9.47 Å². The number of carbonyl (C=O) groups is 1. The standard InChI is InChI=1S/C13H13NO3/c1-3-17-13(15)10-5-4-6-11-9(10)7-8-12(14-11)16-2/h4-8H,3H2,1-2H3. The van der Waals surface area contributed by atoms with Crippen LogP contribution in [0.25, 0.3) is 10.9 Å². The molecule has 2 rings (SSSR count). The summed E-state index contributed by atoms with van der Waals surface area (Å²) in [4.78, 5) is 16.0. The SMILES string of the molecule is CCOC(=O)c1cccc2nc(OC)ccc12. The van der Waals surface area contributed by atoms with E-state index in [2.05, 4.69) is 4.98 Å². The van der Waals surface area contributed by atoms with Crippen molar-refractivity contribution in [1.29, 1.82) is 0 Å². The first-order valence-electron chi connectivity index (χ1n) is 5.37. The first kappa shape index (κ1) is 11.4. The molecule has 0 saturated heterocycles. The van der Waals surface area contributed by atoms with E-state index in [1.807, 2.05) is 12.1 Å². The van der Waals surface area contributed by atoms with E-state index in [-0.39, 0.29) is 5.97 Å². The van der Waals surface area contributed by atoms with Gasteiger partial charge in [0.2, 0.25) is 5.88 Å². The van der Waals surface area contributed by atoms with Crippen LogP contribution >= 0.6 is 0 Å². The van der Waals surface area contributed by atoms with Gasteiger partial charge in [0, 0.05) is 11.5 Å². The first-order valence-corrected chi connectivity index (χ1v) is 5.37. The first-order chi connectivity index (χ1) is 8.26. The van der Waals surface area contributed by atoms with E-state index in [9.17, 15) is 4.79 Å². The molecule has 0 unspecified atom stereocenters. The third kappa shape index (κ3) is 2.20. The summed E-state index contributed by atoms with van der Waals surface area (Å²) < 4.78 is 10.0. The van der Waals surface area contributed by atoms with Crippen molar-refractivity contribution >= 4 is 16.9 Å². The van der Waals surface area contributed by atoms with E-state index < -0.39 is 0 Å². The molecule has 2 aromatic rings. The van der Waals surface area contributed by atoms with E-state index in [1.54, 1.807) is 32.2 Å². The predicted octanol–water partition coefficient (Wildman–Crippen LogP) is 2.42. The Morgan fingerprint density at radius 2 is 2.12 bits per heavy atom. The normalized spacial score (nSPS) is 10.2. The lowest BCUT2D eigenvalue weighted by Crippen LogP contribution is -2.05. The quantitative estimate of drug-likeness (QED) is 0.761. The lowest BCUT2D eigenvalue weighted by Gasteiger charge is -2.06. The number of ether oxygens (including phenoxy) is 2. The van der Waals surface area contributed by atoms with Gasteiger partial charge >= 0.3 is 5.97 Å². The molecule has 0 spiro atoms. The number of hydrogen-bond acceptors (Lipinski definition) is 4. The lowest BCUT2D eigenvalue weighted by atomic mass is 10.1. The maximum absolute atomic E-state index is 11.7. The minimum absolute atomic E-state index is 0.329. The minimum atomic E-state index is -0.329. The molecule has 0 aliphatic carbocycles. The summed E-state index contributed by atoms with van der Waals surface area (Å²) in [5.74, 6) is 0.198. The van der Waals surface area contributed by atoms with Crippen molar-refractivity contribution in [2.24, 2.45) is 0 Å². The van der Waals surface area contributed by atoms with Gasteiger partial charge in [-0.2, -0.15) is 0 Å². The second-order valence-electron chi connectivity index (χ2n) is 3.45. The molecule has 0 amide bonds. The molecule has 0 atom stereocenters. The molecule has 0 radical (unpaired) electrons. The van der Waals surface area contributed by atoms with Gasteiger partial charge in [0.05, 0.1) is 24.8 Å². The fourth-order valence-electron chi connectivity index (χ4n) is 1.64. The number of rotatable bonds is 3. The Morgan fingerprint density at radius 3 is 2.82 bits per heavy atom. The maximum Gasteiger partial charge on any atom is 0.338 e. The molecule has 0 aliphatic rings. The van der Waals surface area contributed by atoms with Crippen LogP contribution in [0.4, 0.5) is 0 Å². The van der Waals surface area contributed by atoms with Crippen LogP contribution in [-0.4, -0.2) is 24.7 Å². The number of methoxy groups -OCH3 is 1. The van der Waals surface area contributed by atoms with E-state index in [4.69, 9.17) is 9.47 Å². The number of esters is 1. The van der Waals surface area contributed by atoms with Crippen LogP contribution in [0.2, 0.25) is 0 Å². The van der Waals surface area contributed by atoms with Gasteiger partial charge in [-0.3, -0.25) is 0 Å². The average Bonchev–Trinajstić information content (AvgIpc) is 2.37. The molecule has 1 aromatic carbocycles. The van der Waals surface area contributed by atoms with Crippen molar-refractivity contribution in [3.05, 3.63) is 35.9 Å². The summed E-state index contributed by atoms with van der Waals surface area (Å²) in [6, 6.07) is 8.88. The highest BCUT2D eigenvalue weighted by atomic mass is 16.5. The highest BCUT2D eigenvalue weighted by Gasteiger charge is 2.11. The summed E-state index contributed by atoms with van der Waals surface area (Å²) in [5, 5.41) is 0.770. The molecule has 0 bridgehead atoms. The summed E-state index contributed by atoms with van der Waals surface area (Å²) in [6.07, 6.45) is 0. The Balaban J connectivity index is 2.54. The van der Waals surface area contributed by atoms with E-state index in [0.29, 0.717) is 18.1 Å². The number of carbonyl (C=O) groups excluding carboxylic acids is 1. The summed E-state index contributed by atoms with van der Waals surface area (Å²) in [7, 11) is 1.56. The maximum atomic E-state index is 11.7. The molecular weight excluding hydrogens is 218 g/mol. The molecule has 1 heterocycles. The Morgan fingerprint density at radius 1 is 1.29 bits per heavy atom. The van der Waals surface area contributed by atoms with Crippen molar-refractivity contribution in [2.75, 3.05) is 13.7 Å². The molecule has 4 heteroatoms.